The van der Waals surface area contributed by atoms with Crippen molar-refractivity contribution in [2.24, 2.45) is 5.92 Å². The fourth-order valence-electron chi connectivity index (χ4n) is 4.50. The van der Waals surface area contributed by atoms with Crippen molar-refractivity contribution in [2.45, 2.75) is 83.5 Å². The zero-order chi connectivity index (χ0) is 15.0. The van der Waals surface area contributed by atoms with E-state index in [1.165, 1.54) is 58.3 Å². The first kappa shape index (κ1) is 15.8. The van der Waals surface area contributed by atoms with Crippen LogP contribution in [0.1, 0.15) is 59.8 Å². The van der Waals surface area contributed by atoms with E-state index in [2.05, 4.69) is 42.8 Å². The van der Waals surface area contributed by atoms with E-state index in [1.807, 2.05) is 0 Å². The lowest BCUT2D eigenvalue weighted by atomic mass is 9.76. The van der Waals surface area contributed by atoms with E-state index in [1.54, 1.807) is 0 Å². The zero-order valence-electron chi connectivity index (χ0n) is 14.6. The number of rotatable bonds is 3. The first-order valence-electron chi connectivity index (χ1n) is 9.19. The molecule has 3 aliphatic rings. The zero-order valence-corrected chi connectivity index (χ0v) is 14.6. The third kappa shape index (κ3) is 3.62. The normalized spacial score (nSPS) is 38.9. The molecule has 3 nitrogen and oxygen atoms in total. The van der Waals surface area contributed by atoms with Crippen LogP contribution in [0.15, 0.2) is 0 Å². The van der Waals surface area contributed by atoms with Gasteiger partial charge in [-0.3, -0.25) is 9.80 Å². The molecule has 3 rings (SSSR count). The van der Waals surface area contributed by atoms with Gasteiger partial charge in [-0.05, 0) is 72.4 Å². The quantitative estimate of drug-likeness (QED) is 0.863. The van der Waals surface area contributed by atoms with Crippen LogP contribution in [0.3, 0.4) is 0 Å². The smallest absolute Gasteiger partial charge is 0.0224 e. The van der Waals surface area contributed by atoms with Crippen molar-refractivity contribution in [1.82, 2.24) is 15.1 Å². The number of piperazine rings is 1. The van der Waals surface area contributed by atoms with Gasteiger partial charge >= 0.3 is 0 Å². The summed E-state index contributed by atoms with van der Waals surface area (Å²) >= 11 is 0. The van der Waals surface area contributed by atoms with Gasteiger partial charge in [0.15, 0.2) is 0 Å². The molecule has 21 heavy (non-hydrogen) atoms. The molecular formula is C18H35N3. The maximum atomic E-state index is 3.73. The number of hydrogen-bond acceptors (Lipinski definition) is 3. The maximum absolute atomic E-state index is 3.73. The highest BCUT2D eigenvalue weighted by Crippen LogP contribution is 2.36. The Balaban J connectivity index is 1.56. The predicted molar refractivity (Wildman–Crippen MR) is 89.6 cm³/mol. The van der Waals surface area contributed by atoms with Crippen LogP contribution in [-0.2, 0) is 0 Å². The van der Waals surface area contributed by atoms with Gasteiger partial charge < -0.3 is 5.32 Å². The van der Waals surface area contributed by atoms with E-state index in [9.17, 15) is 0 Å². The fourth-order valence-corrected chi connectivity index (χ4v) is 4.50. The summed E-state index contributed by atoms with van der Waals surface area (Å²) in [7, 11) is 0. The molecule has 4 unspecified atom stereocenters. The summed E-state index contributed by atoms with van der Waals surface area (Å²) in [5.74, 6) is 0.877. The number of hydrogen-bond donors (Lipinski definition) is 1. The number of nitrogens with zero attached hydrogens (tertiary/aromatic N) is 2. The second-order valence-electron chi connectivity index (χ2n) is 8.73. The summed E-state index contributed by atoms with van der Waals surface area (Å²) in [6.07, 6.45) is 7.15. The molecule has 0 spiro atoms. The monoisotopic (exact) mass is 293 g/mol. The third-order valence-corrected chi connectivity index (χ3v) is 5.93. The summed E-state index contributed by atoms with van der Waals surface area (Å²) in [5, 5.41) is 3.73. The molecule has 0 radical (unpaired) electrons. The molecule has 3 fully saturated rings. The Morgan fingerprint density at radius 1 is 1.05 bits per heavy atom. The van der Waals surface area contributed by atoms with Crippen molar-refractivity contribution < 1.29 is 0 Å². The minimum absolute atomic E-state index is 0.258. The average molecular weight is 293 g/mol. The minimum atomic E-state index is 0.258. The molecule has 1 aliphatic carbocycles. The first-order valence-corrected chi connectivity index (χ1v) is 9.19. The van der Waals surface area contributed by atoms with E-state index in [0.717, 1.165) is 24.0 Å². The highest BCUT2D eigenvalue weighted by atomic mass is 15.3. The molecule has 2 saturated heterocycles. The Labute approximate surface area is 131 Å². The Morgan fingerprint density at radius 3 is 2.52 bits per heavy atom. The number of nitrogens with one attached hydrogen (secondary N) is 1. The second kappa shape index (κ2) is 6.17. The molecule has 4 atom stereocenters. The number of fused-ring (bicyclic) bond motifs is 1. The maximum Gasteiger partial charge on any atom is 0.0224 e. The number of piperidine rings is 1. The van der Waals surface area contributed by atoms with Crippen molar-refractivity contribution in [1.29, 1.82) is 0 Å². The Hall–Kier alpha value is -0.120. The third-order valence-electron chi connectivity index (χ3n) is 5.93. The lowest BCUT2D eigenvalue weighted by molar-refractivity contribution is -0.0493. The SMILES string of the molecule is CC1CN2CCCCC2CN1C1CCC1CNC(C)(C)C. The molecule has 2 aliphatic heterocycles. The van der Waals surface area contributed by atoms with Crippen molar-refractivity contribution >= 4 is 0 Å². The van der Waals surface area contributed by atoms with Gasteiger partial charge in [0.1, 0.15) is 0 Å². The average Bonchev–Trinajstić information content (AvgIpc) is 2.37. The molecule has 2 heterocycles. The molecule has 0 aromatic heterocycles. The molecule has 1 saturated carbocycles. The van der Waals surface area contributed by atoms with Gasteiger partial charge in [0.05, 0.1) is 0 Å². The van der Waals surface area contributed by atoms with Crippen molar-refractivity contribution in [3.63, 3.8) is 0 Å². The van der Waals surface area contributed by atoms with Crippen LogP contribution in [-0.4, -0.2) is 59.6 Å². The molecular weight excluding hydrogens is 258 g/mol. The molecule has 1 N–H and O–H groups in total. The van der Waals surface area contributed by atoms with E-state index in [-0.39, 0.29) is 5.54 Å². The van der Waals surface area contributed by atoms with E-state index < -0.39 is 0 Å². The van der Waals surface area contributed by atoms with Crippen LogP contribution in [0.2, 0.25) is 0 Å². The predicted octanol–water partition coefficient (Wildman–Crippen LogP) is 2.71. The Kier molecular flexibility index (Phi) is 4.63. The lowest BCUT2D eigenvalue weighted by Crippen LogP contribution is -2.64. The molecule has 122 valence electrons. The Bertz CT molecular complexity index is 349. The van der Waals surface area contributed by atoms with Crippen molar-refractivity contribution in [3.8, 4) is 0 Å². The largest absolute Gasteiger partial charge is 0.312 e. The summed E-state index contributed by atoms with van der Waals surface area (Å²) in [5.41, 5.74) is 0.258. The molecule has 0 amide bonds. The van der Waals surface area contributed by atoms with Gasteiger partial charge in [-0.2, -0.15) is 0 Å². The van der Waals surface area contributed by atoms with Crippen molar-refractivity contribution in [3.05, 3.63) is 0 Å². The second-order valence-corrected chi connectivity index (χ2v) is 8.73. The van der Waals surface area contributed by atoms with Crippen LogP contribution in [0.25, 0.3) is 0 Å². The van der Waals surface area contributed by atoms with Crippen LogP contribution in [0.5, 0.6) is 0 Å². The highest BCUT2D eigenvalue weighted by molar-refractivity contribution is 4.98. The lowest BCUT2D eigenvalue weighted by Gasteiger charge is -2.54. The molecule has 3 heteroatoms. The van der Waals surface area contributed by atoms with Gasteiger partial charge in [-0.1, -0.05) is 6.42 Å². The Morgan fingerprint density at radius 2 is 1.86 bits per heavy atom. The standard InChI is InChI=1S/C18H35N3/c1-14-12-20-10-6-5-7-16(20)13-21(14)17-9-8-15(17)11-19-18(2,3)4/h14-17,19H,5-13H2,1-4H3. The van der Waals surface area contributed by atoms with E-state index in [0.29, 0.717) is 0 Å². The van der Waals surface area contributed by atoms with Gasteiger partial charge in [0, 0.05) is 36.8 Å². The summed E-state index contributed by atoms with van der Waals surface area (Å²) in [6.45, 7) is 14.5. The molecule has 0 aromatic rings. The van der Waals surface area contributed by atoms with Crippen molar-refractivity contribution in [2.75, 3.05) is 26.2 Å². The molecule has 0 aromatic carbocycles. The van der Waals surface area contributed by atoms with E-state index in [4.69, 9.17) is 0 Å². The topological polar surface area (TPSA) is 18.5 Å². The van der Waals surface area contributed by atoms with Crippen LogP contribution < -0.4 is 5.32 Å². The minimum Gasteiger partial charge on any atom is -0.312 e. The highest BCUT2D eigenvalue weighted by Gasteiger charge is 2.42. The summed E-state index contributed by atoms with van der Waals surface area (Å²) in [6, 6.07) is 2.45. The first-order chi connectivity index (χ1) is 9.94. The van der Waals surface area contributed by atoms with Crippen LogP contribution >= 0.6 is 0 Å². The van der Waals surface area contributed by atoms with Gasteiger partial charge in [0.25, 0.3) is 0 Å². The summed E-state index contributed by atoms with van der Waals surface area (Å²) in [4.78, 5) is 5.64. The van der Waals surface area contributed by atoms with E-state index >= 15 is 0 Å². The fraction of sp³-hybridized carbons (Fsp3) is 1.00. The molecule has 0 bridgehead atoms. The summed E-state index contributed by atoms with van der Waals surface area (Å²) < 4.78 is 0. The van der Waals surface area contributed by atoms with Gasteiger partial charge in [-0.25, -0.2) is 0 Å². The van der Waals surface area contributed by atoms with Crippen LogP contribution in [0.4, 0.5) is 0 Å². The van der Waals surface area contributed by atoms with Crippen LogP contribution in [0, 0.1) is 5.92 Å². The van der Waals surface area contributed by atoms with Gasteiger partial charge in [-0.15, -0.1) is 0 Å². The van der Waals surface area contributed by atoms with Gasteiger partial charge in [0.2, 0.25) is 0 Å².